The van der Waals surface area contributed by atoms with Crippen LogP contribution in [0.25, 0.3) is 11.7 Å². The molecule has 1 amide bonds. The molecular formula is C26H27N5O4. The maximum Gasteiger partial charge on any atom is 0.267 e. The molecule has 0 saturated carbocycles. The molecule has 1 aliphatic rings. The maximum absolute atomic E-state index is 13.5. The maximum atomic E-state index is 13.5. The van der Waals surface area contributed by atoms with Gasteiger partial charge in [-0.05, 0) is 63.2 Å². The fourth-order valence-electron chi connectivity index (χ4n) is 4.10. The number of pyridine rings is 1. The lowest BCUT2D eigenvalue weighted by atomic mass is 10.1. The third kappa shape index (κ3) is 5.34. The van der Waals surface area contributed by atoms with Crippen LogP contribution in [0, 0.1) is 11.3 Å². The predicted octanol–water partition coefficient (Wildman–Crippen LogP) is 3.25. The van der Waals surface area contributed by atoms with E-state index in [2.05, 4.69) is 5.32 Å². The third-order valence-corrected chi connectivity index (χ3v) is 5.55. The van der Waals surface area contributed by atoms with Crippen LogP contribution in [0.2, 0.25) is 0 Å². The van der Waals surface area contributed by atoms with E-state index in [0.29, 0.717) is 42.6 Å². The molecule has 180 valence electrons. The van der Waals surface area contributed by atoms with Gasteiger partial charge in [0.05, 0.1) is 24.4 Å². The van der Waals surface area contributed by atoms with Gasteiger partial charge >= 0.3 is 0 Å². The molecule has 35 heavy (non-hydrogen) atoms. The number of morpholine rings is 1. The number of amides is 1. The normalized spacial score (nSPS) is 18.2. The highest BCUT2D eigenvalue weighted by atomic mass is 16.5. The smallest absolute Gasteiger partial charge is 0.267 e. The number of hydrogen-bond donors (Lipinski definition) is 1. The number of nitrogens with zero attached hydrogens (tertiary/aromatic N) is 4. The Bertz CT molecular complexity index is 1350. The summed E-state index contributed by atoms with van der Waals surface area (Å²) in [6.07, 6.45) is 2.80. The summed E-state index contributed by atoms with van der Waals surface area (Å²) in [5.41, 5.74) is 0.592. The Kier molecular flexibility index (Phi) is 7.13. The Labute approximate surface area is 203 Å². The predicted molar refractivity (Wildman–Crippen MR) is 134 cm³/mol. The second-order valence-corrected chi connectivity index (χ2v) is 8.33. The summed E-state index contributed by atoms with van der Waals surface area (Å²) in [6, 6.07) is 14.0. The zero-order valence-electron chi connectivity index (χ0n) is 19.9. The number of aromatic nitrogens is 2. The molecule has 1 fully saturated rings. The molecule has 1 saturated heterocycles. The number of rotatable bonds is 6. The standard InChI is InChI=1S/C26H27N5O4/c1-4-34-21-10-8-20(9-11-21)28-25(32)19(14-27)13-22-24(30-15-17(2)35-18(3)16-30)29-23-7-5-6-12-31(23)26(22)33/h5-13,17-18H,4,15-16H2,1-3H3,(H,28,32)/b19-13+/t17-,18-/m0/s1. The van der Waals surface area contributed by atoms with E-state index in [1.807, 2.05) is 31.7 Å². The molecule has 0 radical (unpaired) electrons. The molecule has 0 spiro atoms. The summed E-state index contributed by atoms with van der Waals surface area (Å²) < 4.78 is 12.7. The number of nitrogens with one attached hydrogen (secondary N) is 1. The summed E-state index contributed by atoms with van der Waals surface area (Å²) in [7, 11) is 0. The van der Waals surface area contributed by atoms with Crippen molar-refractivity contribution in [1.29, 1.82) is 5.26 Å². The molecule has 2 atom stereocenters. The molecule has 1 aromatic carbocycles. The first-order valence-electron chi connectivity index (χ1n) is 11.5. The van der Waals surface area contributed by atoms with Crippen LogP contribution >= 0.6 is 0 Å². The van der Waals surface area contributed by atoms with Crippen LogP contribution < -0.4 is 20.5 Å². The zero-order chi connectivity index (χ0) is 24.9. The highest BCUT2D eigenvalue weighted by Crippen LogP contribution is 2.24. The van der Waals surface area contributed by atoms with Crippen molar-refractivity contribution in [2.75, 3.05) is 29.9 Å². The number of nitriles is 1. The lowest BCUT2D eigenvalue weighted by molar-refractivity contribution is -0.112. The van der Waals surface area contributed by atoms with Gasteiger partial charge in [-0.15, -0.1) is 0 Å². The largest absolute Gasteiger partial charge is 0.494 e. The van der Waals surface area contributed by atoms with Gasteiger partial charge in [-0.2, -0.15) is 5.26 Å². The summed E-state index contributed by atoms with van der Waals surface area (Å²) in [4.78, 5) is 33.1. The average Bonchev–Trinajstić information content (AvgIpc) is 2.84. The molecule has 0 bridgehead atoms. The minimum absolute atomic E-state index is 0.0648. The van der Waals surface area contributed by atoms with E-state index in [1.165, 1.54) is 10.5 Å². The van der Waals surface area contributed by atoms with Crippen molar-refractivity contribution >= 4 is 29.1 Å². The highest BCUT2D eigenvalue weighted by molar-refractivity contribution is 6.10. The van der Waals surface area contributed by atoms with E-state index in [4.69, 9.17) is 14.5 Å². The first-order valence-corrected chi connectivity index (χ1v) is 11.5. The summed E-state index contributed by atoms with van der Waals surface area (Å²) >= 11 is 0. The van der Waals surface area contributed by atoms with Crippen LogP contribution in [-0.4, -0.2) is 47.2 Å². The number of anilines is 2. The van der Waals surface area contributed by atoms with Crippen molar-refractivity contribution in [2.24, 2.45) is 0 Å². The van der Waals surface area contributed by atoms with Crippen LogP contribution in [0.3, 0.4) is 0 Å². The first-order chi connectivity index (χ1) is 16.9. The van der Waals surface area contributed by atoms with Crippen molar-refractivity contribution in [3.8, 4) is 11.8 Å². The van der Waals surface area contributed by atoms with Gasteiger partial charge in [0.2, 0.25) is 0 Å². The molecule has 1 N–H and O–H groups in total. The van der Waals surface area contributed by atoms with E-state index in [1.54, 1.807) is 48.7 Å². The summed E-state index contributed by atoms with van der Waals surface area (Å²) in [5.74, 6) is 0.476. The van der Waals surface area contributed by atoms with E-state index < -0.39 is 5.91 Å². The quantitative estimate of drug-likeness (QED) is 0.432. The molecule has 4 rings (SSSR count). The van der Waals surface area contributed by atoms with Crippen molar-refractivity contribution in [3.63, 3.8) is 0 Å². The Morgan fingerprint density at radius 2 is 1.94 bits per heavy atom. The summed E-state index contributed by atoms with van der Waals surface area (Å²) in [5, 5.41) is 12.5. The van der Waals surface area contributed by atoms with Crippen molar-refractivity contribution in [2.45, 2.75) is 33.0 Å². The van der Waals surface area contributed by atoms with Gasteiger partial charge in [0.1, 0.15) is 28.9 Å². The van der Waals surface area contributed by atoms with E-state index in [0.717, 1.165) is 0 Å². The molecule has 9 nitrogen and oxygen atoms in total. The third-order valence-electron chi connectivity index (χ3n) is 5.55. The number of ether oxygens (including phenoxy) is 2. The lowest BCUT2D eigenvalue weighted by Gasteiger charge is -2.36. The van der Waals surface area contributed by atoms with Gasteiger partial charge in [-0.1, -0.05) is 6.07 Å². The SMILES string of the molecule is CCOc1ccc(NC(=O)/C(C#N)=C/c2c(N3C[C@H](C)O[C@@H](C)C3)nc3ccccn3c2=O)cc1. The molecule has 0 aliphatic carbocycles. The number of hydrogen-bond acceptors (Lipinski definition) is 7. The Morgan fingerprint density at radius 3 is 2.60 bits per heavy atom. The molecule has 3 aromatic rings. The van der Waals surface area contributed by atoms with Gasteiger partial charge in [-0.3, -0.25) is 14.0 Å². The van der Waals surface area contributed by atoms with Crippen LogP contribution in [0.4, 0.5) is 11.5 Å². The van der Waals surface area contributed by atoms with E-state index >= 15 is 0 Å². The number of benzene rings is 1. The van der Waals surface area contributed by atoms with Gasteiger partial charge in [-0.25, -0.2) is 4.98 Å². The van der Waals surface area contributed by atoms with Gasteiger partial charge in [0.25, 0.3) is 11.5 Å². The molecule has 1 aliphatic heterocycles. The molecule has 0 unspecified atom stereocenters. The minimum Gasteiger partial charge on any atom is -0.494 e. The number of carbonyl (C=O) groups excluding carboxylic acids is 1. The summed E-state index contributed by atoms with van der Waals surface area (Å²) in [6.45, 7) is 7.39. The molecule has 9 heteroatoms. The Hall–Kier alpha value is -4.16. The first kappa shape index (κ1) is 24.0. The highest BCUT2D eigenvalue weighted by Gasteiger charge is 2.27. The van der Waals surface area contributed by atoms with Gasteiger partial charge in [0, 0.05) is 25.0 Å². The van der Waals surface area contributed by atoms with Gasteiger partial charge in [0.15, 0.2) is 0 Å². The number of carbonyl (C=O) groups is 1. The van der Waals surface area contributed by atoms with Crippen molar-refractivity contribution in [3.05, 3.63) is 70.2 Å². The van der Waals surface area contributed by atoms with Crippen molar-refractivity contribution < 1.29 is 14.3 Å². The fourth-order valence-corrected chi connectivity index (χ4v) is 4.10. The van der Waals surface area contributed by atoms with Crippen LogP contribution in [0.5, 0.6) is 5.75 Å². The Balaban J connectivity index is 1.74. The van der Waals surface area contributed by atoms with Crippen LogP contribution in [0.15, 0.2) is 59.0 Å². The minimum atomic E-state index is -0.621. The topological polar surface area (TPSA) is 109 Å². The lowest BCUT2D eigenvalue weighted by Crippen LogP contribution is -2.46. The Morgan fingerprint density at radius 1 is 1.23 bits per heavy atom. The van der Waals surface area contributed by atoms with Gasteiger partial charge < -0.3 is 19.7 Å². The van der Waals surface area contributed by atoms with Crippen LogP contribution in [0.1, 0.15) is 26.3 Å². The monoisotopic (exact) mass is 473 g/mol. The fraction of sp³-hybridized carbons (Fsp3) is 0.308. The number of fused-ring (bicyclic) bond motifs is 1. The molecular weight excluding hydrogens is 446 g/mol. The van der Waals surface area contributed by atoms with E-state index in [-0.39, 0.29) is 28.9 Å². The molecule has 3 heterocycles. The second kappa shape index (κ2) is 10.4. The van der Waals surface area contributed by atoms with Crippen molar-refractivity contribution in [1.82, 2.24) is 9.38 Å². The average molecular weight is 474 g/mol. The molecule has 2 aromatic heterocycles. The zero-order valence-corrected chi connectivity index (χ0v) is 19.9. The second-order valence-electron chi connectivity index (χ2n) is 8.33. The van der Waals surface area contributed by atoms with Crippen LogP contribution in [-0.2, 0) is 9.53 Å². The van der Waals surface area contributed by atoms with E-state index in [9.17, 15) is 14.9 Å².